The summed E-state index contributed by atoms with van der Waals surface area (Å²) < 4.78 is 12.5. The van der Waals surface area contributed by atoms with Gasteiger partial charge < -0.3 is 9.47 Å². The summed E-state index contributed by atoms with van der Waals surface area (Å²) in [6.07, 6.45) is 0. The van der Waals surface area contributed by atoms with E-state index < -0.39 is 5.97 Å². The van der Waals surface area contributed by atoms with Crippen molar-refractivity contribution in [3.05, 3.63) is 56.5 Å². The molecule has 2 aromatic carbocycles. The smallest absolute Gasteiger partial charge is 0.349 e. The third-order valence-electron chi connectivity index (χ3n) is 2.75. The monoisotopic (exact) mass is 412 g/mol. The Morgan fingerprint density at radius 3 is 2.57 bits per heavy atom. The van der Waals surface area contributed by atoms with Crippen molar-refractivity contribution in [1.82, 2.24) is 0 Å². The zero-order chi connectivity index (χ0) is 15.4. The van der Waals surface area contributed by atoms with Crippen molar-refractivity contribution >= 4 is 37.8 Å². The van der Waals surface area contributed by atoms with Gasteiger partial charge in [-0.2, -0.15) is 0 Å². The normalized spacial score (nSPS) is 10.3. The Morgan fingerprint density at radius 1 is 1.14 bits per heavy atom. The van der Waals surface area contributed by atoms with E-state index in [4.69, 9.17) is 9.47 Å². The van der Waals surface area contributed by atoms with Gasteiger partial charge in [-0.15, -0.1) is 0 Å². The molecule has 0 bridgehead atoms. The molecule has 21 heavy (non-hydrogen) atoms. The largest absolute Gasteiger partial charge is 0.480 e. The average molecular weight is 414 g/mol. The second-order valence-corrected chi connectivity index (χ2v) is 6.38. The number of hydrogen-bond donors (Lipinski definition) is 0. The van der Waals surface area contributed by atoms with Crippen LogP contribution in [0.1, 0.15) is 11.1 Å². The van der Waals surface area contributed by atoms with Gasteiger partial charge in [0.25, 0.3) is 0 Å². The van der Waals surface area contributed by atoms with Crippen LogP contribution in [0.4, 0.5) is 0 Å². The molecule has 0 fully saturated rings. The summed E-state index contributed by atoms with van der Waals surface area (Å²) in [5.41, 5.74) is 1.97. The molecule has 3 nitrogen and oxygen atoms in total. The zero-order valence-electron chi connectivity index (χ0n) is 11.7. The summed E-state index contributed by atoms with van der Waals surface area (Å²) in [5.74, 6) is 0.726. The van der Waals surface area contributed by atoms with E-state index in [9.17, 15) is 4.79 Å². The number of benzene rings is 2. The van der Waals surface area contributed by atoms with Crippen LogP contribution in [0, 0.1) is 13.8 Å². The van der Waals surface area contributed by atoms with E-state index >= 15 is 0 Å². The first kappa shape index (κ1) is 16.0. The topological polar surface area (TPSA) is 35.5 Å². The second-order valence-electron chi connectivity index (χ2n) is 4.61. The highest BCUT2D eigenvalue weighted by molar-refractivity contribution is 9.11. The van der Waals surface area contributed by atoms with Gasteiger partial charge >= 0.3 is 5.97 Å². The lowest BCUT2D eigenvalue weighted by Crippen LogP contribution is -2.18. The quantitative estimate of drug-likeness (QED) is 0.532. The molecule has 110 valence electrons. The summed E-state index contributed by atoms with van der Waals surface area (Å²) in [6.45, 7) is 3.71. The summed E-state index contributed by atoms with van der Waals surface area (Å²) >= 11 is 6.82. The van der Waals surface area contributed by atoms with Crippen molar-refractivity contribution in [2.24, 2.45) is 0 Å². The first-order valence-corrected chi connectivity index (χ1v) is 7.90. The van der Waals surface area contributed by atoms with Gasteiger partial charge in [0.1, 0.15) is 11.5 Å². The van der Waals surface area contributed by atoms with E-state index in [0.29, 0.717) is 11.5 Å². The van der Waals surface area contributed by atoms with Crippen LogP contribution in [0.2, 0.25) is 0 Å². The number of carbonyl (C=O) groups is 1. The predicted octanol–water partition coefficient (Wildman–Crippen LogP) is 4.81. The lowest BCUT2D eigenvalue weighted by molar-refractivity contribution is -0.136. The van der Waals surface area contributed by atoms with Crippen LogP contribution in [0.25, 0.3) is 0 Å². The summed E-state index contributed by atoms with van der Waals surface area (Å²) in [4.78, 5) is 11.8. The summed E-state index contributed by atoms with van der Waals surface area (Å²) in [5, 5.41) is 0. The Labute approximate surface area is 140 Å². The summed E-state index contributed by atoms with van der Waals surface area (Å²) in [6, 6.07) is 11.1. The highest BCUT2D eigenvalue weighted by Crippen LogP contribution is 2.32. The van der Waals surface area contributed by atoms with Crippen molar-refractivity contribution in [3.8, 4) is 11.5 Å². The van der Waals surface area contributed by atoms with E-state index in [1.165, 1.54) is 0 Å². The highest BCUT2D eigenvalue weighted by atomic mass is 79.9. The minimum atomic E-state index is -0.435. The molecule has 0 heterocycles. The number of halogens is 2. The van der Waals surface area contributed by atoms with Crippen LogP contribution < -0.4 is 9.47 Å². The molecule has 0 saturated carbocycles. The Hall–Kier alpha value is -1.33. The first-order chi connectivity index (χ1) is 9.95. The molecule has 0 saturated heterocycles. The Morgan fingerprint density at radius 2 is 1.90 bits per heavy atom. The molecule has 0 spiro atoms. The van der Waals surface area contributed by atoms with Gasteiger partial charge in [-0.1, -0.05) is 28.1 Å². The van der Waals surface area contributed by atoms with E-state index in [-0.39, 0.29) is 6.61 Å². The zero-order valence-corrected chi connectivity index (χ0v) is 14.8. The molecule has 0 aliphatic heterocycles. The van der Waals surface area contributed by atoms with E-state index in [2.05, 4.69) is 31.9 Å². The molecule has 0 amide bonds. The lowest BCUT2D eigenvalue weighted by atomic mass is 10.2. The van der Waals surface area contributed by atoms with Gasteiger partial charge in [0.2, 0.25) is 0 Å². The fraction of sp³-hybridized carbons (Fsp3) is 0.188. The van der Waals surface area contributed by atoms with Gasteiger partial charge in [0.05, 0.1) is 4.47 Å². The summed E-state index contributed by atoms with van der Waals surface area (Å²) in [7, 11) is 0. The van der Waals surface area contributed by atoms with Gasteiger partial charge in [-0.05, 0) is 65.2 Å². The Kier molecular flexibility index (Phi) is 5.42. The van der Waals surface area contributed by atoms with Gasteiger partial charge in [0.15, 0.2) is 6.61 Å². The van der Waals surface area contributed by atoms with Crippen molar-refractivity contribution in [3.63, 3.8) is 0 Å². The van der Waals surface area contributed by atoms with Crippen LogP contribution in [-0.4, -0.2) is 12.6 Å². The van der Waals surface area contributed by atoms with Crippen molar-refractivity contribution in [2.75, 3.05) is 6.61 Å². The predicted molar refractivity (Wildman–Crippen MR) is 88.9 cm³/mol. The minimum Gasteiger partial charge on any atom is -0.480 e. The van der Waals surface area contributed by atoms with Crippen LogP contribution in [0.15, 0.2) is 45.3 Å². The first-order valence-electron chi connectivity index (χ1n) is 6.31. The standard InChI is InChI=1S/C16H14Br2O3/c1-10-4-3-5-13(6-10)21-15(19)9-20-16-11(2)7-12(17)8-14(16)18/h3-8H,9H2,1-2H3. The maximum absolute atomic E-state index is 11.8. The molecule has 2 aromatic rings. The van der Waals surface area contributed by atoms with E-state index in [0.717, 1.165) is 20.1 Å². The number of rotatable bonds is 4. The van der Waals surface area contributed by atoms with Gasteiger partial charge in [-0.3, -0.25) is 0 Å². The van der Waals surface area contributed by atoms with Crippen LogP contribution in [0.5, 0.6) is 11.5 Å². The van der Waals surface area contributed by atoms with Crippen LogP contribution in [0.3, 0.4) is 0 Å². The number of esters is 1. The molecular formula is C16H14Br2O3. The second kappa shape index (κ2) is 7.09. The SMILES string of the molecule is Cc1cccc(OC(=O)COc2c(C)cc(Br)cc2Br)c1. The van der Waals surface area contributed by atoms with Crippen LogP contribution in [-0.2, 0) is 4.79 Å². The molecule has 5 heteroatoms. The van der Waals surface area contributed by atoms with Crippen LogP contribution >= 0.6 is 31.9 Å². The third-order valence-corrected chi connectivity index (χ3v) is 3.80. The molecule has 0 aliphatic rings. The minimum absolute atomic E-state index is 0.144. The molecule has 0 aromatic heterocycles. The van der Waals surface area contributed by atoms with Gasteiger partial charge in [0, 0.05) is 4.47 Å². The fourth-order valence-electron chi connectivity index (χ4n) is 1.84. The lowest BCUT2D eigenvalue weighted by Gasteiger charge is -2.11. The molecule has 0 radical (unpaired) electrons. The number of carbonyl (C=O) groups excluding carboxylic acids is 1. The molecule has 0 aliphatic carbocycles. The molecular weight excluding hydrogens is 400 g/mol. The number of hydrogen-bond acceptors (Lipinski definition) is 3. The fourth-order valence-corrected chi connectivity index (χ4v) is 3.40. The van der Waals surface area contributed by atoms with Crippen molar-refractivity contribution in [2.45, 2.75) is 13.8 Å². The van der Waals surface area contributed by atoms with Crippen molar-refractivity contribution in [1.29, 1.82) is 0 Å². The molecule has 0 atom stereocenters. The van der Waals surface area contributed by atoms with E-state index in [1.807, 2.05) is 38.1 Å². The maximum Gasteiger partial charge on any atom is 0.349 e. The Balaban J connectivity index is 1.99. The van der Waals surface area contributed by atoms with Crippen molar-refractivity contribution < 1.29 is 14.3 Å². The molecule has 0 N–H and O–H groups in total. The molecule has 2 rings (SSSR count). The maximum atomic E-state index is 11.8. The highest BCUT2D eigenvalue weighted by Gasteiger charge is 2.11. The number of aryl methyl sites for hydroxylation is 2. The third kappa shape index (κ3) is 4.58. The average Bonchev–Trinajstić information content (AvgIpc) is 2.37. The van der Waals surface area contributed by atoms with Gasteiger partial charge in [-0.25, -0.2) is 4.79 Å². The Bertz CT molecular complexity index is 645. The molecule has 0 unspecified atom stereocenters. The number of ether oxygens (including phenoxy) is 2. The van der Waals surface area contributed by atoms with E-state index in [1.54, 1.807) is 12.1 Å².